The Balaban J connectivity index is 2.30. The molecule has 0 aromatic heterocycles. The zero-order chi connectivity index (χ0) is 19.4. The van der Waals surface area contributed by atoms with E-state index in [4.69, 9.17) is 9.05 Å². The first-order valence-electron chi connectivity index (χ1n) is 10.5. The maximum atomic E-state index is 12.5. The number of carbonyl (C=O) groups is 2. The maximum absolute atomic E-state index is 12.5. The van der Waals surface area contributed by atoms with Gasteiger partial charge in [0.1, 0.15) is 0 Å². The molecule has 2 aliphatic rings. The van der Waals surface area contributed by atoms with Crippen molar-refractivity contribution in [3.63, 3.8) is 0 Å². The zero-order valence-electron chi connectivity index (χ0n) is 16.7. The summed E-state index contributed by atoms with van der Waals surface area (Å²) in [5.41, 5.74) is 0.228. The minimum atomic E-state index is -3.76. The van der Waals surface area contributed by atoms with Crippen molar-refractivity contribution in [2.75, 3.05) is 0 Å². The van der Waals surface area contributed by atoms with Gasteiger partial charge in [-0.3, -0.25) is 0 Å². The van der Waals surface area contributed by atoms with Crippen LogP contribution in [0.15, 0.2) is 30.3 Å². The molecule has 5 heteroatoms. The Hall–Kier alpha value is -1.41. The molecule has 4 nitrogen and oxygen atoms in total. The summed E-state index contributed by atoms with van der Waals surface area (Å²) in [6.45, 7) is 2.94. The molecule has 2 saturated carbocycles. The van der Waals surface area contributed by atoms with Crippen molar-refractivity contribution in [3.05, 3.63) is 30.3 Å². The summed E-state index contributed by atoms with van der Waals surface area (Å²) in [5, 5.41) is 0.952. The molecule has 0 unspecified atom stereocenters. The van der Waals surface area contributed by atoms with Gasteiger partial charge in [-0.1, -0.05) is 0 Å². The van der Waals surface area contributed by atoms with E-state index in [1.165, 1.54) is 26.7 Å². The standard InChI is InChI=1S/C22H33O4P/c1-18(23)25-27(26-19(2)24,20-12-6-3-7-13-20,21-14-8-4-9-15-21)22-16-10-5-11-17-22/h3,6-7,12-13,21-22H,4-5,8-11,14-17H2,1-2H3. The van der Waals surface area contributed by atoms with Crippen LogP contribution in [0.1, 0.15) is 78.1 Å². The molecule has 1 aromatic carbocycles. The number of benzene rings is 1. The molecule has 0 spiro atoms. The van der Waals surface area contributed by atoms with E-state index in [1.54, 1.807) is 0 Å². The second-order valence-electron chi connectivity index (χ2n) is 8.17. The SMILES string of the molecule is CC(=O)OP(OC(C)=O)(c1ccccc1)(C1CCCCC1)C1CCCCC1. The van der Waals surface area contributed by atoms with Gasteiger partial charge in [0.15, 0.2) is 0 Å². The topological polar surface area (TPSA) is 52.6 Å². The Kier molecular flexibility index (Phi) is 6.25. The summed E-state index contributed by atoms with van der Waals surface area (Å²) in [5.74, 6) is -0.650. The van der Waals surface area contributed by atoms with Gasteiger partial charge in [0.25, 0.3) is 0 Å². The van der Waals surface area contributed by atoms with Gasteiger partial charge in [0, 0.05) is 0 Å². The van der Waals surface area contributed by atoms with E-state index in [0.717, 1.165) is 56.7 Å². The Morgan fingerprint density at radius 2 is 1.15 bits per heavy atom. The Morgan fingerprint density at radius 3 is 1.52 bits per heavy atom. The first kappa shape index (κ1) is 20.3. The molecule has 27 heavy (non-hydrogen) atoms. The van der Waals surface area contributed by atoms with Gasteiger partial charge >= 0.3 is 163 Å². The Labute approximate surface area is 163 Å². The number of rotatable bonds is 5. The molecular weight excluding hydrogens is 359 g/mol. The second-order valence-corrected chi connectivity index (χ2v) is 12.7. The van der Waals surface area contributed by atoms with Crippen molar-refractivity contribution in [1.29, 1.82) is 0 Å². The zero-order valence-corrected chi connectivity index (χ0v) is 17.6. The third-order valence-electron chi connectivity index (χ3n) is 6.43. The average molecular weight is 392 g/mol. The predicted molar refractivity (Wildman–Crippen MR) is 110 cm³/mol. The van der Waals surface area contributed by atoms with Crippen LogP contribution in [0.25, 0.3) is 0 Å². The molecule has 2 fully saturated rings. The van der Waals surface area contributed by atoms with E-state index in [0.29, 0.717) is 0 Å². The van der Waals surface area contributed by atoms with Crippen molar-refractivity contribution < 1.29 is 18.6 Å². The van der Waals surface area contributed by atoms with Gasteiger partial charge in [-0.15, -0.1) is 0 Å². The van der Waals surface area contributed by atoms with Gasteiger partial charge in [-0.25, -0.2) is 0 Å². The second kappa shape index (κ2) is 8.31. The molecule has 0 heterocycles. The van der Waals surface area contributed by atoms with E-state index in [2.05, 4.69) is 0 Å². The summed E-state index contributed by atoms with van der Waals surface area (Å²) in [6.07, 6.45) is 10.6. The van der Waals surface area contributed by atoms with Gasteiger partial charge < -0.3 is 0 Å². The predicted octanol–water partition coefficient (Wildman–Crippen LogP) is 5.49. The molecule has 1 aromatic rings. The van der Waals surface area contributed by atoms with Crippen LogP contribution in [-0.2, 0) is 18.6 Å². The molecule has 0 N–H and O–H groups in total. The van der Waals surface area contributed by atoms with Crippen LogP contribution in [0.4, 0.5) is 0 Å². The monoisotopic (exact) mass is 392 g/mol. The summed E-state index contributed by atoms with van der Waals surface area (Å²) < 4.78 is 12.9. The van der Waals surface area contributed by atoms with Crippen molar-refractivity contribution in [2.45, 2.75) is 89.4 Å². The molecule has 0 bridgehead atoms. The first-order valence-corrected chi connectivity index (χ1v) is 12.7. The van der Waals surface area contributed by atoms with E-state index >= 15 is 0 Å². The molecule has 150 valence electrons. The fraction of sp³-hybridized carbons (Fsp3) is 0.636. The number of carbonyl (C=O) groups excluding carboxylic acids is 2. The van der Waals surface area contributed by atoms with Crippen molar-refractivity contribution in [2.24, 2.45) is 0 Å². The molecule has 0 atom stereocenters. The van der Waals surface area contributed by atoms with Crippen LogP contribution in [0.5, 0.6) is 0 Å². The van der Waals surface area contributed by atoms with Crippen LogP contribution in [0.3, 0.4) is 0 Å². The van der Waals surface area contributed by atoms with Crippen LogP contribution >= 0.6 is 7.06 Å². The minimum absolute atomic E-state index is 0.114. The number of hydrogen-bond donors (Lipinski definition) is 0. The average Bonchev–Trinajstić information content (AvgIpc) is 2.69. The number of hydrogen-bond acceptors (Lipinski definition) is 4. The molecular formula is C22H33O4P. The van der Waals surface area contributed by atoms with Gasteiger partial charge in [0.2, 0.25) is 0 Å². The molecule has 3 rings (SSSR count). The van der Waals surface area contributed by atoms with Crippen LogP contribution < -0.4 is 5.30 Å². The summed E-state index contributed by atoms with van der Waals surface area (Å²) in [4.78, 5) is 25.0. The van der Waals surface area contributed by atoms with E-state index in [9.17, 15) is 9.59 Å². The van der Waals surface area contributed by atoms with Crippen LogP contribution in [0, 0.1) is 0 Å². The van der Waals surface area contributed by atoms with Gasteiger partial charge in [-0.05, 0) is 0 Å². The third-order valence-corrected chi connectivity index (χ3v) is 12.8. The third kappa shape index (κ3) is 3.66. The van der Waals surface area contributed by atoms with Crippen LogP contribution in [0.2, 0.25) is 0 Å². The van der Waals surface area contributed by atoms with Crippen molar-refractivity contribution >= 4 is 24.3 Å². The fourth-order valence-electron chi connectivity index (χ4n) is 5.53. The summed E-state index contributed by atoms with van der Waals surface area (Å²) in [6, 6.07) is 10.0. The van der Waals surface area contributed by atoms with E-state index in [1.807, 2.05) is 30.3 Å². The summed E-state index contributed by atoms with van der Waals surface area (Å²) in [7, 11) is -3.76. The quantitative estimate of drug-likeness (QED) is 0.622. The van der Waals surface area contributed by atoms with E-state index in [-0.39, 0.29) is 23.3 Å². The first-order chi connectivity index (χ1) is 13.0. The Bertz CT molecular complexity index is 622. The molecule has 0 radical (unpaired) electrons. The molecule has 0 amide bonds. The fourth-order valence-corrected chi connectivity index (χ4v) is 12.3. The normalized spacial score (nSPS) is 21.0. The van der Waals surface area contributed by atoms with Gasteiger partial charge in [0.05, 0.1) is 0 Å². The molecule has 0 saturated heterocycles. The molecule has 0 aliphatic heterocycles. The Morgan fingerprint density at radius 1 is 0.741 bits per heavy atom. The van der Waals surface area contributed by atoms with Gasteiger partial charge in [-0.2, -0.15) is 0 Å². The van der Waals surface area contributed by atoms with E-state index < -0.39 is 7.06 Å². The van der Waals surface area contributed by atoms with Crippen molar-refractivity contribution in [1.82, 2.24) is 0 Å². The summed E-state index contributed by atoms with van der Waals surface area (Å²) >= 11 is 0. The molecule has 2 aliphatic carbocycles. The van der Waals surface area contributed by atoms with Crippen molar-refractivity contribution in [3.8, 4) is 0 Å². The van der Waals surface area contributed by atoms with Crippen LogP contribution in [-0.4, -0.2) is 23.3 Å².